The molecule has 7 heteroatoms. The summed E-state index contributed by atoms with van der Waals surface area (Å²) in [6.07, 6.45) is 3.72. The first-order valence-corrected chi connectivity index (χ1v) is 8.53. The van der Waals surface area contributed by atoms with Gasteiger partial charge in [-0.3, -0.25) is 9.78 Å². The Hall–Kier alpha value is -1.73. The van der Waals surface area contributed by atoms with E-state index in [1.54, 1.807) is 6.20 Å². The third kappa shape index (κ3) is 3.30. The van der Waals surface area contributed by atoms with E-state index in [9.17, 15) is 4.79 Å². The van der Waals surface area contributed by atoms with Gasteiger partial charge in [0.05, 0.1) is 22.8 Å². The lowest BCUT2D eigenvalue weighted by Gasteiger charge is -2.22. The molecule has 2 aromatic rings. The Morgan fingerprint density at radius 2 is 2.24 bits per heavy atom. The smallest absolute Gasteiger partial charge is 0.261 e. The van der Waals surface area contributed by atoms with Crippen molar-refractivity contribution in [1.29, 1.82) is 0 Å². The summed E-state index contributed by atoms with van der Waals surface area (Å²) in [6, 6.07) is 5.83. The predicted molar refractivity (Wildman–Crippen MR) is 90.0 cm³/mol. The van der Waals surface area contributed by atoms with Gasteiger partial charge in [0.1, 0.15) is 9.88 Å². The fourth-order valence-corrected chi connectivity index (χ4v) is 4.12. The topological polar surface area (TPSA) is 85.2 Å². The molecule has 5 nitrogen and oxygen atoms in total. The quantitative estimate of drug-likeness (QED) is 0.798. The van der Waals surface area contributed by atoms with Gasteiger partial charge in [0.15, 0.2) is 0 Å². The van der Waals surface area contributed by atoms with Crippen molar-refractivity contribution in [2.75, 3.05) is 23.4 Å². The van der Waals surface area contributed by atoms with E-state index in [0.717, 1.165) is 22.1 Å². The molecule has 0 aliphatic carbocycles. The minimum atomic E-state index is -0.479. The molecule has 21 heavy (non-hydrogen) atoms. The van der Waals surface area contributed by atoms with Crippen LogP contribution in [0, 0.1) is 0 Å². The number of amides is 1. The van der Waals surface area contributed by atoms with Crippen LogP contribution in [0.3, 0.4) is 0 Å². The van der Waals surface area contributed by atoms with Crippen LogP contribution >= 0.6 is 23.1 Å². The second-order valence-corrected chi connectivity index (χ2v) is 6.20. The highest BCUT2D eigenvalue weighted by Gasteiger charge is 2.22. The van der Waals surface area contributed by atoms with Crippen molar-refractivity contribution in [3.63, 3.8) is 0 Å². The van der Waals surface area contributed by atoms with Gasteiger partial charge < -0.3 is 16.4 Å². The number of carbonyl (C=O) groups is 1. The standard InChI is InChI=1S/C14H18N4OS2/c1-3-18(8-9-6-4-5-7-17-9)14-12(20-2)10(15)11(21-14)13(16)19/h4-7H,3,8,15H2,1-2H3,(H2,16,19). The summed E-state index contributed by atoms with van der Waals surface area (Å²) in [5.41, 5.74) is 12.9. The summed E-state index contributed by atoms with van der Waals surface area (Å²) < 4.78 is 0. The van der Waals surface area contributed by atoms with Crippen molar-refractivity contribution < 1.29 is 4.79 Å². The van der Waals surface area contributed by atoms with Gasteiger partial charge in [-0.05, 0) is 25.3 Å². The highest BCUT2D eigenvalue weighted by atomic mass is 32.2. The zero-order chi connectivity index (χ0) is 15.4. The number of thioether (sulfide) groups is 1. The SMILES string of the molecule is CCN(Cc1ccccn1)c1sc(C(N)=O)c(N)c1SC. The molecule has 0 saturated carbocycles. The van der Waals surface area contributed by atoms with Crippen LogP contribution in [0.1, 0.15) is 22.3 Å². The molecule has 0 saturated heterocycles. The number of nitrogen functional groups attached to an aromatic ring is 1. The van der Waals surface area contributed by atoms with Crippen LogP contribution in [0.4, 0.5) is 10.7 Å². The molecular weight excluding hydrogens is 304 g/mol. The van der Waals surface area contributed by atoms with E-state index >= 15 is 0 Å². The molecule has 0 aromatic carbocycles. The molecular formula is C14H18N4OS2. The molecule has 0 bridgehead atoms. The number of nitrogens with zero attached hydrogens (tertiary/aromatic N) is 2. The number of rotatable bonds is 6. The first-order valence-electron chi connectivity index (χ1n) is 6.49. The maximum absolute atomic E-state index is 11.5. The van der Waals surface area contributed by atoms with Crippen molar-refractivity contribution >= 4 is 39.7 Å². The number of hydrogen-bond donors (Lipinski definition) is 2. The monoisotopic (exact) mass is 322 g/mol. The molecule has 0 radical (unpaired) electrons. The third-order valence-corrected chi connectivity index (χ3v) is 5.29. The zero-order valence-corrected chi connectivity index (χ0v) is 13.6. The molecule has 0 spiro atoms. The summed E-state index contributed by atoms with van der Waals surface area (Å²) in [5.74, 6) is -0.479. The number of pyridine rings is 1. The van der Waals surface area contributed by atoms with Gasteiger partial charge in [-0.15, -0.1) is 23.1 Å². The molecule has 0 aliphatic heterocycles. The highest BCUT2D eigenvalue weighted by Crippen LogP contribution is 2.43. The average Bonchev–Trinajstić information content (AvgIpc) is 2.82. The van der Waals surface area contributed by atoms with E-state index in [1.165, 1.54) is 23.1 Å². The van der Waals surface area contributed by atoms with Crippen LogP contribution in [0.15, 0.2) is 29.3 Å². The normalized spacial score (nSPS) is 10.6. The lowest BCUT2D eigenvalue weighted by atomic mass is 10.3. The Balaban J connectivity index is 2.38. The van der Waals surface area contributed by atoms with E-state index in [2.05, 4.69) is 16.8 Å². The van der Waals surface area contributed by atoms with Crippen molar-refractivity contribution in [2.24, 2.45) is 5.73 Å². The third-order valence-electron chi connectivity index (χ3n) is 3.06. The summed E-state index contributed by atoms with van der Waals surface area (Å²) >= 11 is 2.88. The van der Waals surface area contributed by atoms with Gasteiger partial charge in [-0.25, -0.2) is 0 Å². The first kappa shape index (κ1) is 15.7. The number of hydrogen-bond acceptors (Lipinski definition) is 6. The summed E-state index contributed by atoms with van der Waals surface area (Å²) in [7, 11) is 0. The maximum Gasteiger partial charge on any atom is 0.261 e. The van der Waals surface area contributed by atoms with E-state index in [0.29, 0.717) is 17.1 Å². The fourth-order valence-electron chi connectivity index (χ4n) is 2.02. The number of nitrogens with two attached hydrogens (primary N) is 2. The van der Waals surface area contributed by atoms with Crippen molar-refractivity contribution in [3.05, 3.63) is 35.0 Å². The Bertz CT molecular complexity index is 627. The lowest BCUT2D eigenvalue weighted by Crippen LogP contribution is -2.22. The predicted octanol–water partition coefficient (Wildman–Crippen LogP) is 2.57. The molecule has 2 aromatic heterocycles. The van der Waals surface area contributed by atoms with Gasteiger partial charge in [0, 0.05) is 12.7 Å². The Morgan fingerprint density at radius 3 is 2.76 bits per heavy atom. The average molecular weight is 322 g/mol. The maximum atomic E-state index is 11.5. The van der Waals surface area contributed by atoms with Crippen molar-refractivity contribution in [1.82, 2.24) is 4.98 Å². The van der Waals surface area contributed by atoms with E-state index in [4.69, 9.17) is 11.5 Å². The number of carbonyl (C=O) groups excluding carboxylic acids is 1. The van der Waals surface area contributed by atoms with E-state index < -0.39 is 5.91 Å². The minimum absolute atomic E-state index is 0.425. The molecule has 4 N–H and O–H groups in total. The van der Waals surface area contributed by atoms with Gasteiger partial charge in [0.25, 0.3) is 5.91 Å². The highest BCUT2D eigenvalue weighted by molar-refractivity contribution is 7.99. The van der Waals surface area contributed by atoms with Gasteiger partial charge in [-0.2, -0.15) is 0 Å². The second-order valence-electron chi connectivity index (χ2n) is 4.38. The zero-order valence-electron chi connectivity index (χ0n) is 12.0. The second kappa shape index (κ2) is 6.82. The molecule has 0 aliphatic rings. The van der Waals surface area contributed by atoms with Crippen LogP contribution in [-0.4, -0.2) is 23.7 Å². The lowest BCUT2D eigenvalue weighted by molar-refractivity contribution is 0.100. The van der Waals surface area contributed by atoms with Crippen LogP contribution in [0.5, 0.6) is 0 Å². The molecule has 112 valence electrons. The molecule has 1 amide bonds. The number of anilines is 2. The largest absolute Gasteiger partial charge is 0.396 e. The number of thiophene rings is 1. The Morgan fingerprint density at radius 1 is 1.48 bits per heavy atom. The summed E-state index contributed by atoms with van der Waals surface area (Å²) in [6.45, 7) is 3.53. The van der Waals surface area contributed by atoms with Gasteiger partial charge >= 0.3 is 0 Å². The fraction of sp³-hybridized carbons (Fsp3) is 0.286. The number of primary amides is 1. The molecule has 0 unspecified atom stereocenters. The molecule has 2 rings (SSSR count). The Kier molecular flexibility index (Phi) is 5.08. The van der Waals surface area contributed by atoms with Crippen LogP contribution < -0.4 is 16.4 Å². The van der Waals surface area contributed by atoms with Crippen LogP contribution in [0.25, 0.3) is 0 Å². The molecule has 0 atom stereocenters. The van der Waals surface area contributed by atoms with Crippen LogP contribution in [0.2, 0.25) is 0 Å². The van der Waals surface area contributed by atoms with Gasteiger partial charge in [-0.1, -0.05) is 6.07 Å². The van der Waals surface area contributed by atoms with Crippen molar-refractivity contribution in [2.45, 2.75) is 18.4 Å². The molecule has 2 heterocycles. The molecule has 0 fully saturated rings. The summed E-state index contributed by atoms with van der Waals surface area (Å²) in [4.78, 5) is 19.3. The summed E-state index contributed by atoms with van der Waals surface area (Å²) in [5, 5.41) is 0.974. The minimum Gasteiger partial charge on any atom is -0.396 e. The first-order chi connectivity index (χ1) is 10.1. The van der Waals surface area contributed by atoms with Crippen molar-refractivity contribution in [3.8, 4) is 0 Å². The van der Waals surface area contributed by atoms with E-state index in [-0.39, 0.29) is 0 Å². The van der Waals surface area contributed by atoms with Crippen LogP contribution in [-0.2, 0) is 6.54 Å². The number of aromatic nitrogens is 1. The van der Waals surface area contributed by atoms with E-state index in [1.807, 2.05) is 24.5 Å². The Labute approximate surface area is 132 Å². The van der Waals surface area contributed by atoms with Gasteiger partial charge in [0.2, 0.25) is 0 Å².